The van der Waals surface area contributed by atoms with Crippen LogP contribution in [0.5, 0.6) is 0 Å². The van der Waals surface area contributed by atoms with Gasteiger partial charge in [0.1, 0.15) is 18.8 Å². The Bertz CT molecular complexity index is 411. The molecule has 0 aromatic heterocycles. The molecule has 0 aromatic carbocycles. The van der Waals surface area contributed by atoms with Crippen molar-refractivity contribution in [2.75, 3.05) is 6.61 Å². The number of amides is 1. The topological polar surface area (TPSA) is 110 Å². The molecule has 0 aliphatic heterocycles. The van der Waals surface area contributed by atoms with Crippen molar-refractivity contribution in [2.24, 2.45) is 0 Å². The van der Waals surface area contributed by atoms with Crippen molar-refractivity contribution in [1.82, 2.24) is 5.32 Å². The maximum Gasteiger partial charge on any atom is 0.329 e. The molecular weight excluding hydrogens is 266 g/mol. The Hall–Kier alpha value is -2.70. The van der Waals surface area contributed by atoms with Crippen LogP contribution in [0.4, 0.5) is 0 Å². The van der Waals surface area contributed by atoms with Gasteiger partial charge in [-0.15, -0.1) is 0 Å². The zero-order valence-corrected chi connectivity index (χ0v) is 11.1. The van der Waals surface area contributed by atoms with Gasteiger partial charge in [0.25, 0.3) is 0 Å². The molecule has 0 heterocycles. The fourth-order valence-corrected chi connectivity index (χ4v) is 0.660. The SMILES string of the molecule is C=CC(=O)NC=CC(=O)O.C=CCOC(=O)CC(C)=O. The number of carbonyl (C=O) groups excluding carboxylic acids is 3. The zero-order chi connectivity index (χ0) is 16.0. The van der Waals surface area contributed by atoms with Gasteiger partial charge < -0.3 is 15.2 Å². The minimum Gasteiger partial charge on any atom is -0.478 e. The molecule has 0 aromatic rings. The van der Waals surface area contributed by atoms with Crippen LogP contribution in [0.3, 0.4) is 0 Å². The summed E-state index contributed by atoms with van der Waals surface area (Å²) in [7, 11) is 0. The van der Waals surface area contributed by atoms with Gasteiger partial charge in [-0.05, 0) is 13.0 Å². The van der Waals surface area contributed by atoms with Crippen LogP contribution < -0.4 is 5.32 Å². The van der Waals surface area contributed by atoms with Gasteiger partial charge in [0.2, 0.25) is 5.91 Å². The number of carboxylic acid groups (broad SMARTS) is 1. The van der Waals surface area contributed by atoms with Gasteiger partial charge in [-0.1, -0.05) is 19.2 Å². The number of Topliss-reactive ketones (excluding diaryl/α,β-unsaturated/α-hetero) is 1. The van der Waals surface area contributed by atoms with Crippen LogP contribution in [0.15, 0.2) is 37.6 Å². The summed E-state index contributed by atoms with van der Waals surface area (Å²) in [5.74, 6) is -2.22. The van der Waals surface area contributed by atoms with E-state index in [-0.39, 0.29) is 18.8 Å². The second-order valence-corrected chi connectivity index (χ2v) is 3.23. The molecule has 0 bridgehead atoms. The Morgan fingerprint density at radius 3 is 2.25 bits per heavy atom. The van der Waals surface area contributed by atoms with E-state index in [1.807, 2.05) is 0 Å². The summed E-state index contributed by atoms with van der Waals surface area (Å²) >= 11 is 0. The molecule has 0 aliphatic rings. The minimum atomic E-state index is -1.11. The summed E-state index contributed by atoms with van der Waals surface area (Å²) in [5, 5.41) is 10.2. The van der Waals surface area contributed by atoms with E-state index < -0.39 is 17.8 Å². The van der Waals surface area contributed by atoms with Gasteiger partial charge in [-0.25, -0.2) is 4.79 Å². The van der Waals surface area contributed by atoms with Gasteiger partial charge in [-0.2, -0.15) is 0 Å². The van der Waals surface area contributed by atoms with Crippen molar-refractivity contribution >= 4 is 23.6 Å². The van der Waals surface area contributed by atoms with Gasteiger partial charge in [0, 0.05) is 12.3 Å². The summed E-state index contributed by atoms with van der Waals surface area (Å²) in [5.41, 5.74) is 0. The lowest BCUT2D eigenvalue weighted by Gasteiger charge is -1.96. The summed E-state index contributed by atoms with van der Waals surface area (Å²) in [4.78, 5) is 40.9. The Balaban J connectivity index is 0. The first kappa shape index (κ1) is 19.6. The van der Waals surface area contributed by atoms with Crippen molar-refractivity contribution in [2.45, 2.75) is 13.3 Å². The summed E-state index contributed by atoms with van der Waals surface area (Å²) in [6, 6.07) is 0. The average molecular weight is 283 g/mol. The predicted molar refractivity (Wildman–Crippen MR) is 71.6 cm³/mol. The average Bonchev–Trinajstić information content (AvgIpc) is 2.35. The molecule has 2 N–H and O–H groups in total. The van der Waals surface area contributed by atoms with E-state index in [1.54, 1.807) is 0 Å². The zero-order valence-electron chi connectivity index (χ0n) is 11.1. The number of carbonyl (C=O) groups is 4. The lowest BCUT2D eigenvalue weighted by Crippen LogP contribution is -2.13. The van der Waals surface area contributed by atoms with Crippen molar-refractivity contribution < 1.29 is 29.0 Å². The maximum absolute atomic E-state index is 10.5. The summed E-state index contributed by atoms with van der Waals surface area (Å²) in [6.45, 7) is 8.03. The lowest BCUT2D eigenvalue weighted by atomic mass is 10.3. The first-order valence-electron chi connectivity index (χ1n) is 5.41. The largest absolute Gasteiger partial charge is 0.478 e. The van der Waals surface area contributed by atoms with Gasteiger partial charge in [0.05, 0.1) is 0 Å². The van der Waals surface area contributed by atoms with Gasteiger partial charge in [-0.3, -0.25) is 14.4 Å². The molecule has 0 atom stereocenters. The Morgan fingerprint density at radius 1 is 1.25 bits per heavy atom. The third-order valence-electron chi connectivity index (χ3n) is 1.39. The molecule has 110 valence electrons. The molecule has 7 nitrogen and oxygen atoms in total. The molecular formula is C13H17NO6. The number of carboxylic acids is 1. The second kappa shape index (κ2) is 12.7. The Labute approximate surface area is 116 Å². The quantitative estimate of drug-likeness (QED) is 0.306. The Morgan fingerprint density at radius 2 is 1.85 bits per heavy atom. The van der Waals surface area contributed by atoms with Crippen LogP contribution in [-0.4, -0.2) is 35.3 Å². The number of hydrogen-bond donors (Lipinski definition) is 2. The highest BCUT2D eigenvalue weighted by atomic mass is 16.5. The first-order chi connectivity index (χ1) is 9.33. The normalized spacial score (nSPS) is 8.85. The van der Waals surface area contributed by atoms with Crippen LogP contribution in [0.1, 0.15) is 13.3 Å². The van der Waals surface area contributed by atoms with Crippen molar-refractivity contribution in [3.63, 3.8) is 0 Å². The maximum atomic E-state index is 10.5. The first-order valence-corrected chi connectivity index (χ1v) is 5.41. The highest BCUT2D eigenvalue weighted by molar-refractivity contribution is 5.94. The molecule has 0 fully saturated rings. The third-order valence-corrected chi connectivity index (χ3v) is 1.39. The highest BCUT2D eigenvalue weighted by Crippen LogP contribution is 1.87. The molecule has 0 rings (SSSR count). The third kappa shape index (κ3) is 17.7. The van der Waals surface area contributed by atoms with E-state index in [9.17, 15) is 19.2 Å². The van der Waals surface area contributed by atoms with Crippen LogP contribution >= 0.6 is 0 Å². The molecule has 0 unspecified atom stereocenters. The number of ether oxygens (including phenoxy) is 1. The van der Waals surface area contributed by atoms with Crippen molar-refractivity contribution in [3.8, 4) is 0 Å². The smallest absolute Gasteiger partial charge is 0.329 e. The number of hydrogen-bond acceptors (Lipinski definition) is 5. The number of esters is 1. The summed E-state index contributed by atoms with van der Waals surface area (Å²) < 4.78 is 4.52. The molecule has 20 heavy (non-hydrogen) atoms. The minimum absolute atomic E-state index is 0.145. The van der Waals surface area contributed by atoms with Crippen molar-refractivity contribution in [3.05, 3.63) is 37.6 Å². The van der Waals surface area contributed by atoms with Gasteiger partial charge in [0.15, 0.2) is 0 Å². The number of rotatable bonds is 7. The number of nitrogens with one attached hydrogen (secondary N) is 1. The van der Waals surface area contributed by atoms with Crippen LogP contribution in [0.2, 0.25) is 0 Å². The van der Waals surface area contributed by atoms with E-state index in [4.69, 9.17) is 5.11 Å². The fourth-order valence-electron chi connectivity index (χ4n) is 0.660. The number of ketones is 1. The molecule has 0 aliphatic carbocycles. The standard InChI is InChI=1S/C7H10O3.C6H7NO3/c1-3-4-10-7(9)5-6(2)8;1-2-5(8)7-4-3-6(9)10/h3H,1,4-5H2,2H3;2-4H,1H2,(H,7,8)(H,9,10). The van der Waals surface area contributed by atoms with E-state index in [2.05, 4.69) is 23.2 Å². The molecule has 0 spiro atoms. The predicted octanol–water partition coefficient (Wildman–Crippen LogP) is 0.582. The van der Waals surface area contributed by atoms with Crippen molar-refractivity contribution in [1.29, 1.82) is 0 Å². The van der Waals surface area contributed by atoms with E-state index >= 15 is 0 Å². The van der Waals surface area contributed by atoms with Gasteiger partial charge >= 0.3 is 11.9 Å². The molecule has 7 heteroatoms. The van der Waals surface area contributed by atoms with E-state index in [0.29, 0.717) is 0 Å². The fraction of sp³-hybridized carbons (Fsp3) is 0.231. The second-order valence-electron chi connectivity index (χ2n) is 3.23. The molecule has 1 amide bonds. The van der Waals surface area contributed by atoms with Crippen LogP contribution in [-0.2, 0) is 23.9 Å². The monoisotopic (exact) mass is 283 g/mol. The van der Waals surface area contributed by atoms with E-state index in [1.165, 1.54) is 13.0 Å². The molecule has 0 saturated heterocycles. The molecule has 0 saturated carbocycles. The van der Waals surface area contributed by atoms with Crippen LogP contribution in [0, 0.1) is 0 Å². The van der Waals surface area contributed by atoms with Crippen LogP contribution in [0.25, 0.3) is 0 Å². The number of aliphatic carboxylic acids is 1. The Kier molecular flexibility index (Phi) is 12.5. The summed E-state index contributed by atoms with van der Waals surface area (Å²) in [6.07, 6.45) is 4.21. The van der Waals surface area contributed by atoms with E-state index in [0.717, 1.165) is 18.4 Å². The molecule has 0 radical (unpaired) electrons. The highest BCUT2D eigenvalue weighted by Gasteiger charge is 2.03. The lowest BCUT2D eigenvalue weighted by molar-refractivity contribution is -0.144.